The fourth-order valence-corrected chi connectivity index (χ4v) is 3.60. The monoisotopic (exact) mass is 393 g/mol. The summed E-state index contributed by atoms with van der Waals surface area (Å²) in [5.74, 6) is 3.27. The van der Waals surface area contributed by atoms with Crippen LogP contribution < -0.4 is 9.80 Å². The number of fused-ring (bicyclic) bond motifs is 1. The maximum absolute atomic E-state index is 4.85. The van der Waals surface area contributed by atoms with Gasteiger partial charge in [-0.2, -0.15) is 0 Å². The van der Waals surface area contributed by atoms with Gasteiger partial charge in [0.15, 0.2) is 5.65 Å². The summed E-state index contributed by atoms with van der Waals surface area (Å²) in [4.78, 5) is 18.6. The largest absolute Gasteiger partial charge is 0.355 e. The van der Waals surface area contributed by atoms with Crippen LogP contribution in [0.2, 0.25) is 0 Å². The Hall–Kier alpha value is -2.70. The van der Waals surface area contributed by atoms with Crippen molar-refractivity contribution in [2.24, 2.45) is 0 Å². The van der Waals surface area contributed by atoms with Gasteiger partial charge in [0.2, 0.25) is 0 Å². The van der Waals surface area contributed by atoms with Crippen LogP contribution in [0.5, 0.6) is 0 Å². The van der Waals surface area contributed by atoms with E-state index in [1.165, 1.54) is 0 Å². The van der Waals surface area contributed by atoms with Crippen molar-refractivity contribution in [2.45, 2.75) is 52.4 Å². The molecule has 1 saturated heterocycles. The Kier molecular flexibility index (Phi) is 5.15. The van der Waals surface area contributed by atoms with Gasteiger partial charge in [0.05, 0.1) is 11.9 Å². The number of hydrogen-bond acceptors (Lipinski definition) is 6. The molecule has 3 aromatic heterocycles. The molecule has 0 spiro atoms. The summed E-state index contributed by atoms with van der Waals surface area (Å²) in [6.45, 7) is 14.6. The van der Waals surface area contributed by atoms with Crippen LogP contribution in [0.25, 0.3) is 5.65 Å². The quantitative estimate of drug-likeness (QED) is 0.677. The van der Waals surface area contributed by atoms with Crippen molar-refractivity contribution in [3.05, 3.63) is 42.1 Å². The molecule has 29 heavy (non-hydrogen) atoms. The molecule has 0 radical (unpaired) electrons. The van der Waals surface area contributed by atoms with Gasteiger partial charge in [0.25, 0.3) is 0 Å². The number of aromatic nitrogens is 5. The summed E-state index contributed by atoms with van der Waals surface area (Å²) < 4.78 is 1.91. The van der Waals surface area contributed by atoms with Gasteiger partial charge in [0.1, 0.15) is 17.5 Å². The molecule has 154 valence electrons. The van der Waals surface area contributed by atoms with Crippen LogP contribution in [0.3, 0.4) is 0 Å². The third kappa shape index (κ3) is 4.18. The topological polar surface area (TPSA) is 62.5 Å². The van der Waals surface area contributed by atoms with E-state index in [0.29, 0.717) is 5.92 Å². The average Bonchev–Trinajstić information content (AvgIpc) is 2.97. The minimum Gasteiger partial charge on any atom is -0.355 e. The average molecular weight is 394 g/mol. The van der Waals surface area contributed by atoms with E-state index >= 15 is 0 Å². The Bertz CT molecular complexity index is 986. The zero-order valence-electron chi connectivity index (χ0n) is 18.1. The van der Waals surface area contributed by atoms with E-state index in [2.05, 4.69) is 67.7 Å². The highest BCUT2D eigenvalue weighted by molar-refractivity contribution is 5.48. The Morgan fingerprint density at radius 3 is 2.31 bits per heavy atom. The normalized spacial score (nSPS) is 15.9. The molecule has 1 fully saturated rings. The maximum Gasteiger partial charge on any atom is 0.153 e. The Morgan fingerprint density at radius 1 is 0.897 bits per heavy atom. The fourth-order valence-electron chi connectivity index (χ4n) is 3.60. The molecule has 4 rings (SSSR count). The summed E-state index contributed by atoms with van der Waals surface area (Å²) in [6, 6.07) is 6.18. The van der Waals surface area contributed by atoms with Crippen LogP contribution in [-0.4, -0.2) is 50.7 Å². The zero-order chi connectivity index (χ0) is 20.6. The van der Waals surface area contributed by atoms with Crippen molar-refractivity contribution >= 4 is 17.3 Å². The third-order valence-corrected chi connectivity index (χ3v) is 5.39. The molecule has 0 amide bonds. The summed E-state index contributed by atoms with van der Waals surface area (Å²) >= 11 is 0. The lowest BCUT2D eigenvalue weighted by Crippen LogP contribution is -2.32. The van der Waals surface area contributed by atoms with Crippen LogP contribution in [0, 0.1) is 0 Å². The lowest BCUT2D eigenvalue weighted by atomic mass is 9.93. The molecule has 0 atom stereocenters. The summed E-state index contributed by atoms with van der Waals surface area (Å²) in [5, 5.41) is 4.85. The highest BCUT2D eigenvalue weighted by atomic mass is 15.3. The molecule has 0 bridgehead atoms. The number of hydrogen-bond donors (Lipinski definition) is 0. The first-order valence-electron chi connectivity index (χ1n) is 10.5. The molecule has 3 aromatic rings. The highest BCUT2D eigenvalue weighted by Gasteiger charge is 2.20. The van der Waals surface area contributed by atoms with Crippen molar-refractivity contribution in [2.75, 3.05) is 36.0 Å². The lowest BCUT2D eigenvalue weighted by Gasteiger charge is -2.23. The van der Waals surface area contributed by atoms with Gasteiger partial charge in [-0.3, -0.25) is 0 Å². The molecule has 1 aliphatic heterocycles. The van der Waals surface area contributed by atoms with Crippen LogP contribution in [0.15, 0.2) is 30.6 Å². The van der Waals surface area contributed by atoms with Crippen LogP contribution >= 0.6 is 0 Å². The molecule has 0 N–H and O–H groups in total. The highest BCUT2D eigenvalue weighted by Crippen LogP contribution is 2.23. The molecule has 0 saturated carbocycles. The second-order valence-corrected chi connectivity index (χ2v) is 9.13. The molecule has 1 aliphatic rings. The molecule has 7 heteroatoms. The third-order valence-electron chi connectivity index (χ3n) is 5.39. The predicted molar refractivity (Wildman–Crippen MR) is 117 cm³/mol. The van der Waals surface area contributed by atoms with Crippen molar-refractivity contribution in [3.8, 4) is 0 Å². The van der Waals surface area contributed by atoms with E-state index in [9.17, 15) is 0 Å². The van der Waals surface area contributed by atoms with E-state index in [-0.39, 0.29) is 5.41 Å². The first kappa shape index (κ1) is 19.6. The van der Waals surface area contributed by atoms with Gasteiger partial charge < -0.3 is 9.80 Å². The summed E-state index contributed by atoms with van der Waals surface area (Å²) in [6.07, 6.45) is 5.00. The molecular formula is C22H31N7. The van der Waals surface area contributed by atoms with Gasteiger partial charge in [-0.25, -0.2) is 19.5 Å². The van der Waals surface area contributed by atoms with E-state index in [0.717, 1.165) is 61.4 Å². The van der Waals surface area contributed by atoms with E-state index in [1.54, 1.807) is 0 Å². The van der Waals surface area contributed by atoms with Crippen molar-refractivity contribution in [1.82, 2.24) is 24.6 Å². The number of imidazole rings is 1. The minimum atomic E-state index is 0.0172. The molecule has 4 heterocycles. The Labute approximate surface area is 172 Å². The summed E-state index contributed by atoms with van der Waals surface area (Å²) in [7, 11) is 0. The molecule has 0 unspecified atom stereocenters. The minimum absolute atomic E-state index is 0.0172. The van der Waals surface area contributed by atoms with Gasteiger partial charge in [-0.1, -0.05) is 34.6 Å². The van der Waals surface area contributed by atoms with Crippen LogP contribution in [0.4, 0.5) is 11.6 Å². The molecule has 7 nitrogen and oxygen atoms in total. The van der Waals surface area contributed by atoms with Crippen molar-refractivity contribution in [3.63, 3.8) is 0 Å². The van der Waals surface area contributed by atoms with Gasteiger partial charge >= 0.3 is 0 Å². The number of rotatable bonds is 3. The second kappa shape index (κ2) is 7.61. The van der Waals surface area contributed by atoms with Gasteiger partial charge in [-0.15, -0.1) is 5.10 Å². The van der Waals surface area contributed by atoms with E-state index in [4.69, 9.17) is 15.1 Å². The van der Waals surface area contributed by atoms with Gasteiger partial charge in [-0.05, 0) is 24.6 Å². The van der Waals surface area contributed by atoms with E-state index in [1.807, 2.05) is 16.8 Å². The fraction of sp³-hybridized carbons (Fsp3) is 0.545. The van der Waals surface area contributed by atoms with Crippen LogP contribution in [0.1, 0.15) is 58.5 Å². The Morgan fingerprint density at radius 2 is 1.62 bits per heavy atom. The van der Waals surface area contributed by atoms with Crippen molar-refractivity contribution in [1.29, 1.82) is 0 Å². The smallest absolute Gasteiger partial charge is 0.153 e. The van der Waals surface area contributed by atoms with Crippen molar-refractivity contribution < 1.29 is 0 Å². The predicted octanol–water partition coefficient (Wildman–Crippen LogP) is 3.66. The first-order valence-corrected chi connectivity index (χ1v) is 10.5. The van der Waals surface area contributed by atoms with E-state index < -0.39 is 0 Å². The summed E-state index contributed by atoms with van der Waals surface area (Å²) in [5.41, 5.74) is 1.98. The molecule has 0 aliphatic carbocycles. The standard InChI is InChI=1S/C22H31N7/c1-16(2)21-23-10-9-18(25-21)27-11-6-12-28(14-13-27)20-8-7-19-24-17(22(3,4)5)15-29(19)26-20/h7-10,15-16H,6,11-14H2,1-5H3. The molecular weight excluding hydrogens is 362 g/mol. The maximum atomic E-state index is 4.85. The first-order chi connectivity index (χ1) is 13.8. The zero-order valence-corrected chi connectivity index (χ0v) is 18.1. The number of anilines is 2. The Balaban J connectivity index is 1.52. The van der Waals surface area contributed by atoms with Gasteiger partial charge in [0, 0.05) is 43.7 Å². The lowest BCUT2D eigenvalue weighted by molar-refractivity contribution is 0.572. The molecule has 0 aromatic carbocycles. The second-order valence-electron chi connectivity index (χ2n) is 9.13. The van der Waals surface area contributed by atoms with Crippen LogP contribution in [-0.2, 0) is 5.41 Å². The number of nitrogens with zero attached hydrogens (tertiary/aromatic N) is 7. The SMILES string of the molecule is CC(C)c1nccc(N2CCCN(c3ccc4nc(C(C)(C)C)cn4n3)CC2)n1.